The molecule has 2 rings (SSSR count). The van der Waals surface area contributed by atoms with Crippen molar-refractivity contribution in [2.75, 3.05) is 32.7 Å². The van der Waals surface area contributed by atoms with E-state index in [9.17, 15) is 9.59 Å². The van der Waals surface area contributed by atoms with Crippen molar-refractivity contribution >= 4 is 41.8 Å². The molecule has 0 saturated heterocycles. The Morgan fingerprint density at radius 1 is 1.03 bits per heavy atom. The van der Waals surface area contributed by atoms with E-state index in [1.54, 1.807) is 24.3 Å². The summed E-state index contributed by atoms with van der Waals surface area (Å²) in [6.07, 6.45) is 0. The summed E-state index contributed by atoms with van der Waals surface area (Å²) in [6, 6.07) is 7.89. The largest absolute Gasteiger partial charge is 0.357 e. The Morgan fingerprint density at radius 3 is 2.07 bits per heavy atom. The highest BCUT2D eigenvalue weighted by Gasteiger charge is 2.34. The van der Waals surface area contributed by atoms with Gasteiger partial charge in [0.2, 0.25) is 0 Å². The average Bonchev–Trinajstić information content (AvgIpc) is 2.89. The van der Waals surface area contributed by atoms with Gasteiger partial charge in [-0.05, 0) is 46.8 Å². The zero-order valence-corrected chi connectivity index (χ0v) is 20.4. The van der Waals surface area contributed by atoms with Crippen LogP contribution in [0.5, 0.6) is 0 Å². The highest BCUT2D eigenvalue weighted by molar-refractivity contribution is 14.0. The van der Waals surface area contributed by atoms with Crippen LogP contribution < -0.4 is 10.6 Å². The zero-order valence-electron chi connectivity index (χ0n) is 18.1. The fourth-order valence-corrected chi connectivity index (χ4v) is 3.46. The molecule has 7 nitrogen and oxygen atoms in total. The molecular formula is C21H34IN5O2. The number of aliphatic imine (C=N–C) groups is 1. The second-order valence-electron chi connectivity index (χ2n) is 7.42. The second kappa shape index (κ2) is 12.1. The molecule has 1 aliphatic heterocycles. The van der Waals surface area contributed by atoms with E-state index in [0.717, 1.165) is 13.1 Å². The molecule has 1 aromatic rings. The van der Waals surface area contributed by atoms with E-state index in [-0.39, 0.29) is 35.8 Å². The highest BCUT2D eigenvalue weighted by Crippen LogP contribution is 2.21. The molecule has 8 heteroatoms. The number of nitrogens with one attached hydrogen (secondary N) is 2. The van der Waals surface area contributed by atoms with E-state index in [1.807, 2.05) is 6.92 Å². The lowest BCUT2D eigenvalue weighted by Crippen LogP contribution is -2.43. The minimum Gasteiger partial charge on any atom is -0.357 e. The van der Waals surface area contributed by atoms with E-state index in [2.05, 4.69) is 48.2 Å². The van der Waals surface area contributed by atoms with E-state index in [4.69, 9.17) is 0 Å². The minimum atomic E-state index is -0.228. The number of benzene rings is 1. The van der Waals surface area contributed by atoms with Crippen molar-refractivity contribution < 1.29 is 9.59 Å². The van der Waals surface area contributed by atoms with Gasteiger partial charge in [0.15, 0.2) is 5.96 Å². The van der Waals surface area contributed by atoms with Crippen LogP contribution in [0.15, 0.2) is 29.3 Å². The van der Waals surface area contributed by atoms with Crippen LogP contribution in [-0.2, 0) is 0 Å². The summed E-state index contributed by atoms with van der Waals surface area (Å²) in [4.78, 5) is 33.1. The number of carbonyl (C=O) groups is 2. The molecule has 0 aromatic heterocycles. The maximum absolute atomic E-state index is 12.4. The Hall–Kier alpha value is -1.68. The van der Waals surface area contributed by atoms with Crippen molar-refractivity contribution in [3.05, 3.63) is 35.4 Å². The maximum Gasteiger partial charge on any atom is 0.261 e. The van der Waals surface area contributed by atoms with Gasteiger partial charge in [-0.2, -0.15) is 0 Å². The molecule has 162 valence electrons. The Balaban J connectivity index is 0.00000420. The predicted molar refractivity (Wildman–Crippen MR) is 128 cm³/mol. The molecule has 0 atom stereocenters. The van der Waals surface area contributed by atoms with Gasteiger partial charge in [-0.25, -0.2) is 0 Å². The normalized spacial score (nSPS) is 13.9. The van der Waals surface area contributed by atoms with Crippen molar-refractivity contribution in [2.24, 2.45) is 4.99 Å². The van der Waals surface area contributed by atoms with Gasteiger partial charge < -0.3 is 10.6 Å². The molecular weight excluding hydrogens is 481 g/mol. The summed E-state index contributed by atoms with van der Waals surface area (Å²) in [5, 5.41) is 6.43. The molecule has 0 aliphatic carbocycles. The molecule has 0 radical (unpaired) electrons. The highest BCUT2D eigenvalue weighted by atomic mass is 127. The first-order valence-corrected chi connectivity index (χ1v) is 10.1. The van der Waals surface area contributed by atoms with E-state index >= 15 is 0 Å². The number of amides is 2. The first-order chi connectivity index (χ1) is 13.4. The van der Waals surface area contributed by atoms with Gasteiger partial charge in [0.05, 0.1) is 17.7 Å². The Morgan fingerprint density at radius 2 is 1.59 bits per heavy atom. The van der Waals surface area contributed by atoms with Crippen LogP contribution in [0.3, 0.4) is 0 Å². The molecule has 0 fully saturated rings. The van der Waals surface area contributed by atoms with E-state index in [0.29, 0.717) is 48.8 Å². The van der Waals surface area contributed by atoms with E-state index in [1.165, 1.54) is 4.90 Å². The van der Waals surface area contributed by atoms with Crippen LogP contribution >= 0.6 is 24.0 Å². The molecule has 2 N–H and O–H groups in total. The standard InChI is InChI=1S/C21H33N5O2.HI/c1-6-22-21(23-11-13-25(15(2)3)16(4)5)24-12-14-26-19(27)17-9-7-8-10-18(17)20(26)28;/h7-10,15-16H,6,11-14H2,1-5H3,(H2,22,23,24);1H. The van der Waals surface area contributed by atoms with Gasteiger partial charge in [0.1, 0.15) is 0 Å². The third-order valence-corrected chi connectivity index (χ3v) is 4.80. The van der Waals surface area contributed by atoms with Crippen molar-refractivity contribution in [3.8, 4) is 0 Å². The molecule has 0 saturated carbocycles. The zero-order chi connectivity index (χ0) is 20.7. The van der Waals surface area contributed by atoms with Gasteiger partial charge in [-0.15, -0.1) is 24.0 Å². The Bertz CT molecular complexity index is 678. The molecule has 0 unspecified atom stereocenters. The number of carbonyl (C=O) groups excluding carboxylic acids is 2. The van der Waals surface area contributed by atoms with Crippen molar-refractivity contribution in [3.63, 3.8) is 0 Å². The lowest BCUT2D eigenvalue weighted by atomic mass is 10.1. The molecule has 1 aromatic carbocycles. The predicted octanol–water partition coefficient (Wildman–Crippen LogP) is 2.57. The van der Waals surface area contributed by atoms with Crippen LogP contribution in [0.1, 0.15) is 55.3 Å². The van der Waals surface area contributed by atoms with Crippen LogP contribution in [0.25, 0.3) is 0 Å². The maximum atomic E-state index is 12.4. The number of fused-ring (bicyclic) bond motifs is 1. The number of guanidine groups is 1. The molecule has 1 aliphatic rings. The van der Waals surface area contributed by atoms with Gasteiger partial charge in [0.25, 0.3) is 11.8 Å². The van der Waals surface area contributed by atoms with Crippen molar-refractivity contribution in [2.45, 2.75) is 46.7 Å². The summed E-state index contributed by atoms with van der Waals surface area (Å²) in [5.74, 6) is 0.245. The second-order valence-corrected chi connectivity index (χ2v) is 7.42. The third kappa shape index (κ3) is 6.67. The fraction of sp³-hybridized carbons (Fsp3) is 0.571. The Labute approximate surface area is 191 Å². The van der Waals surface area contributed by atoms with Gasteiger partial charge in [0, 0.05) is 38.3 Å². The van der Waals surface area contributed by atoms with Gasteiger partial charge in [-0.3, -0.25) is 24.4 Å². The number of halogens is 1. The molecule has 29 heavy (non-hydrogen) atoms. The summed E-state index contributed by atoms with van der Waals surface area (Å²) in [6.45, 7) is 13.8. The summed E-state index contributed by atoms with van der Waals surface area (Å²) in [5.41, 5.74) is 0.964. The monoisotopic (exact) mass is 515 g/mol. The smallest absolute Gasteiger partial charge is 0.261 e. The SMILES string of the molecule is CCNC(=NCCN(C(C)C)C(C)C)NCCN1C(=O)c2ccccc2C1=O.I. The third-order valence-electron chi connectivity index (χ3n) is 4.80. The lowest BCUT2D eigenvalue weighted by molar-refractivity contribution is 0.0657. The summed E-state index contributed by atoms with van der Waals surface area (Å²) >= 11 is 0. The number of rotatable bonds is 9. The molecule has 0 bridgehead atoms. The van der Waals surface area contributed by atoms with Crippen LogP contribution in [0.2, 0.25) is 0 Å². The quantitative estimate of drug-likeness (QED) is 0.229. The van der Waals surface area contributed by atoms with E-state index < -0.39 is 0 Å². The van der Waals surface area contributed by atoms with Gasteiger partial charge >= 0.3 is 0 Å². The first kappa shape index (κ1) is 25.4. The van der Waals surface area contributed by atoms with Crippen molar-refractivity contribution in [1.29, 1.82) is 0 Å². The number of hydrogen-bond donors (Lipinski definition) is 2. The van der Waals surface area contributed by atoms with Crippen LogP contribution in [-0.4, -0.2) is 72.4 Å². The molecule has 0 spiro atoms. The summed E-state index contributed by atoms with van der Waals surface area (Å²) in [7, 11) is 0. The Kier molecular flexibility index (Phi) is 10.6. The van der Waals surface area contributed by atoms with Gasteiger partial charge in [-0.1, -0.05) is 12.1 Å². The first-order valence-electron chi connectivity index (χ1n) is 10.1. The molecule has 2 amide bonds. The van der Waals surface area contributed by atoms with Crippen LogP contribution in [0.4, 0.5) is 0 Å². The van der Waals surface area contributed by atoms with Crippen LogP contribution in [0, 0.1) is 0 Å². The minimum absolute atomic E-state index is 0. The summed E-state index contributed by atoms with van der Waals surface area (Å²) < 4.78 is 0. The average molecular weight is 515 g/mol. The lowest BCUT2D eigenvalue weighted by Gasteiger charge is -2.29. The molecule has 1 heterocycles. The fourth-order valence-electron chi connectivity index (χ4n) is 3.46. The number of nitrogens with zero attached hydrogens (tertiary/aromatic N) is 3. The van der Waals surface area contributed by atoms with Crippen molar-refractivity contribution in [1.82, 2.24) is 20.4 Å². The number of hydrogen-bond acceptors (Lipinski definition) is 4. The number of imide groups is 1. The topological polar surface area (TPSA) is 77.0 Å².